The minimum Gasteiger partial charge on any atom is -0.462 e. The molecule has 1 unspecified atom stereocenters. The van der Waals surface area contributed by atoms with Crippen molar-refractivity contribution in [2.75, 3.05) is 13.2 Å². The van der Waals surface area contributed by atoms with Gasteiger partial charge in [-0.2, -0.15) is 0 Å². The lowest BCUT2D eigenvalue weighted by Gasteiger charge is -2.18. The summed E-state index contributed by atoms with van der Waals surface area (Å²) in [6.07, 6.45) is 91.2. The number of unbranched alkanes of at least 4 members (excludes halogenated alkanes) is 35. The van der Waals surface area contributed by atoms with Gasteiger partial charge in [0.1, 0.15) is 13.2 Å². The van der Waals surface area contributed by atoms with Crippen LogP contribution >= 0.6 is 0 Å². The molecule has 0 aliphatic rings. The maximum atomic E-state index is 13.0. The van der Waals surface area contributed by atoms with Gasteiger partial charge in [-0.15, -0.1) is 0 Å². The summed E-state index contributed by atoms with van der Waals surface area (Å²) < 4.78 is 17.0. The molecule has 6 heteroatoms. The van der Waals surface area contributed by atoms with Crippen molar-refractivity contribution in [2.24, 2.45) is 0 Å². The van der Waals surface area contributed by atoms with E-state index in [2.05, 4.69) is 118 Å². The molecule has 0 heterocycles. The van der Waals surface area contributed by atoms with E-state index in [9.17, 15) is 14.4 Å². The first-order valence-electron chi connectivity index (χ1n) is 34.2. The number of allylic oxidation sites excluding steroid dienone is 16. The largest absolute Gasteiger partial charge is 0.462 e. The Bertz CT molecular complexity index is 1560. The molecule has 0 saturated heterocycles. The highest BCUT2D eigenvalue weighted by molar-refractivity contribution is 5.71. The van der Waals surface area contributed by atoms with Crippen molar-refractivity contribution >= 4 is 17.9 Å². The van der Waals surface area contributed by atoms with Crippen LogP contribution in [0.2, 0.25) is 0 Å². The number of rotatable bonds is 62. The average molecular weight is 1110 g/mol. The molecule has 0 amide bonds. The third-order valence-electron chi connectivity index (χ3n) is 14.8. The topological polar surface area (TPSA) is 78.9 Å². The summed E-state index contributed by atoms with van der Waals surface area (Å²) in [6.45, 7) is 6.61. The monoisotopic (exact) mass is 1110 g/mol. The number of carbonyl (C=O) groups excluding carboxylic acids is 3. The minimum atomic E-state index is -0.795. The molecule has 0 saturated carbocycles. The van der Waals surface area contributed by atoms with E-state index < -0.39 is 6.10 Å². The fourth-order valence-corrected chi connectivity index (χ4v) is 9.61. The normalized spacial score (nSPS) is 12.7. The van der Waals surface area contributed by atoms with Crippen LogP contribution in [0.5, 0.6) is 0 Å². The van der Waals surface area contributed by atoms with E-state index in [4.69, 9.17) is 14.2 Å². The van der Waals surface area contributed by atoms with Gasteiger partial charge in [-0.05, 0) is 128 Å². The van der Waals surface area contributed by atoms with E-state index in [1.807, 2.05) is 0 Å². The predicted octanol–water partition coefficient (Wildman–Crippen LogP) is 23.6. The molecule has 0 aromatic carbocycles. The lowest BCUT2D eigenvalue weighted by molar-refractivity contribution is -0.167. The minimum absolute atomic E-state index is 0.0892. The molecule has 0 spiro atoms. The van der Waals surface area contributed by atoms with Crippen molar-refractivity contribution in [3.05, 3.63) is 97.2 Å². The van der Waals surface area contributed by atoms with Crippen LogP contribution in [-0.4, -0.2) is 37.2 Å². The molecule has 0 fully saturated rings. The van der Waals surface area contributed by atoms with Gasteiger partial charge in [-0.3, -0.25) is 14.4 Å². The van der Waals surface area contributed by atoms with E-state index in [1.165, 1.54) is 180 Å². The maximum Gasteiger partial charge on any atom is 0.306 e. The second-order valence-corrected chi connectivity index (χ2v) is 22.7. The molecule has 1 atom stereocenters. The van der Waals surface area contributed by atoms with Crippen LogP contribution in [0.15, 0.2) is 97.2 Å². The zero-order chi connectivity index (χ0) is 57.8. The van der Waals surface area contributed by atoms with Gasteiger partial charge in [-0.1, -0.05) is 285 Å². The quantitative estimate of drug-likeness (QED) is 0.0261. The van der Waals surface area contributed by atoms with E-state index in [0.29, 0.717) is 19.3 Å². The van der Waals surface area contributed by atoms with Crippen LogP contribution < -0.4 is 0 Å². The van der Waals surface area contributed by atoms with Gasteiger partial charge >= 0.3 is 17.9 Å². The van der Waals surface area contributed by atoms with Crippen LogP contribution in [0, 0.1) is 0 Å². The summed E-state index contributed by atoms with van der Waals surface area (Å²) in [5, 5.41) is 0. The first-order chi connectivity index (χ1) is 39.5. The van der Waals surface area contributed by atoms with Crippen molar-refractivity contribution in [1.82, 2.24) is 0 Å². The molecule has 0 aliphatic carbocycles. The predicted molar refractivity (Wildman–Crippen MR) is 348 cm³/mol. The van der Waals surface area contributed by atoms with Gasteiger partial charge in [0.25, 0.3) is 0 Å². The van der Waals surface area contributed by atoms with Crippen molar-refractivity contribution in [2.45, 2.75) is 341 Å². The third-order valence-corrected chi connectivity index (χ3v) is 14.8. The highest BCUT2D eigenvalue weighted by atomic mass is 16.6. The highest BCUT2D eigenvalue weighted by Gasteiger charge is 2.19. The smallest absolute Gasteiger partial charge is 0.306 e. The lowest BCUT2D eigenvalue weighted by Crippen LogP contribution is -2.30. The Balaban J connectivity index is 4.43. The van der Waals surface area contributed by atoms with Gasteiger partial charge in [0.05, 0.1) is 0 Å². The summed E-state index contributed by atoms with van der Waals surface area (Å²) in [5.41, 5.74) is 0. The van der Waals surface area contributed by atoms with Crippen LogP contribution in [-0.2, 0) is 28.6 Å². The summed E-state index contributed by atoms with van der Waals surface area (Å²) in [5.74, 6) is -0.903. The number of ether oxygens (including phenoxy) is 3. The molecule has 0 aromatic rings. The number of hydrogen-bond donors (Lipinski definition) is 0. The number of carbonyl (C=O) groups is 3. The van der Waals surface area contributed by atoms with E-state index in [-0.39, 0.29) is 31.1 Å². The Morgan fingerprint density at radius 3 is 0.713 bits per heavy atom. The molecular formula is C74H128O6. The molecule has 6 nitrogen and oxygen atoms in total. The van der Waals surface area contributed by atoms with Crippen molar-refractivity contribution in [1.29, 1.82) is 0 Å². The van der Waals surface area contributed by atoms with Crippen molar-refractivity contribution in [3.63, 3.8) is 0 Å². The second-order valence-electron chi connectivity index (χ2n) is 22.7. The summed E-state index contributed by atoms with van der Waals surface area (Å²) >= 11 is 0. The lowest BCUT2D eigenvalue weighted by atomic mass is 10.1. The third kappa shape index (κ3) is 65.1. The molecule has 0 rings (SSSR count). The van der Waals surface area contributed by atoms with Crippen LogP contribution in [0.4, 0.5) is 0 Å². The van der Waals surface area contributed by atoms with Gasteiger partial charge in [0, 0.05) is 19.3 Å². The summed E-state index contributed by atoms with van der Waals surface area (Å²) in [6, 6.07) is 0. The number of esters is 3. The van der Waals surface area contributed by atoms with E-state index in [0.717, 1.165) is 116 Å². The van der Waals surface area contributed by atoms with Gasteiger partial charge < -0.3 is 14.2 Å². The molecular weight excluding hydrogens is 985 g/mol. The fraction of sp³-hybridized carbons (Fsp3) is 0.743. The van der Waals surface area contributed by atoms with Gasteiger partial charge in [-0.25, -0.2) is 0 Å². The van der Waals surface area contributed by atoms with Crippen LogP contribution in [0.3, 0.4) is 0 Å². The van der Waals surface area contributed by atoms with E-state index >= 15 is 0 Å². The Kier molecular flexibility index (Phi) is 64.7. The SMILES string of the molecule is CCCCCC/C=C\C/C=C\CCCCCCCCCC(=O)OCC(COC(=O)CCCCCCCCCC/C=C\C/C=C\C/C=C\CCCCCCC)OC(=O)CCCCCCCC/C=C\C/C=C\C/C=C\CCCCCCC. The number of hydrogen-bond acceptors (Lipinski definition) is 6. The maximum absolute atomic E-state index is 13.0. The second kappa shape index (κ2) is 67.8. The van der Waals surface area contributed by atoms with Crippen LogP contribution in [0.25, 0.3) is 0 Å². The molecule has 0 radical (unpaired) electrons. The first kappa shape index (κ1) is 76.3. The van der Waals surface area contributed by atoms with Crippen molar-refractivity contribution < 1.29 is 28.6 Å². The standard InChI is InChI=1S/C74H128O6/c1-4-7-10-13-16-19-22-25-28-31-34-36-37-39-40-43-46-49-52-55-58-61-64-67-73(76)79-70-71(69-78-72(75)66-63-60-57-54-51-48-45-42-33-30-27-24-21-18-15-12-9-6-3)80-74(77)68-65-62-59-56-53-50-47-44-41-38-35-32-29-26-23-20-17-14-11-8-5-2/h21-26,30-35,37,39,41,44,71H,4-20,27-29,36,38,40,42-43,45-70H2,1-3H3/b24-21-,25-22-,26-23-,33-30-,34-31-,35-32-,39-37-,44-41-. The molecule has 460 valence electrons. The molecule has 0 N–H and O–H groups in total. The Labute approximate surface area is 496 Å². The summed E-state index contributed by atoms with van der Waals surface area (Å²) in [7, 11) is 0. The molecule has 0 aliphatic heterocycles. The van der Waals surface area contributed by atoms with E-state index in [1.54, 1.807) is 0 Å². The molecule has 0 aromatic heterocycles. The Morgan fingerprint density at radius 2 is 0.450 bits per heavy atom. The summed E-state index contributed by atoms with van der Waals surface area (Å²) in [4.78, 5) is 38.4. The van der Waals surface area contributed by atoms with Gasteiger partial charge in [0.15, 0.2) is 6.10 Å². The molecule has 0 bridgehead atoms. The Morgan fingerprint density at radius 1 is 0.250 bits per heavy atom. The zero-order valence-corrected chi connectivity index (χ0v) is 52.8. The first-order valence-corrected chi connectivity index (χ1v) is 34.2. The van der Waals surface area contributed by atoms with Crippen molar-refractivity contribution in [3.8, 4) is 0 Å². The fourth-order valence-electron chi connectivity index (χ4n) is 9.61. The highest BCUT2D eigenvalue weighted by Crippen LogP contribution is 2.16. The molecule has 80 heavy (non-hydrogen) atoms. The van der Waals surface area contributed by atoms with Gasteiger partial charge in [0.2, 0.25) is 0 Å². The van der Waals surface area contributed by atoms with Crippen LogP contribution in [0.1, 0.15) is 335 Å². The Hall–Kier alpha value is -3.67. The average Bonchev–Trinajstić information content (AvgIpc) is 3.46. The zero-order valence-electron chi connectivity index (χ0n) is 52.8.